The van der Waals surface area contributed by atoms with Gasteiger partial charge in [-0.3, -0.25) is 9.78 Å². The maximum absolute atomic E-state index is 12.4. The molecule has 0 radical (unpaired) electrons. The lowest BCUT2D eigenvalue weighted by molar-refractivity contribution is 0.0964. The van der Waals surface area contributed by atoms with E-state index in [1.165, 1.54) is 0 Å². The van der Waals surface area contributed by atoms with Gasteiger partial charge < -0.3 is 0 Å². The van der Waals surface area contributed by atoms with E-state index >= 15 is 0 Å². The number of nitrogens with zero attached hydrogens (tertiary/aromatic N) is 1. The van der Waals surface area contributed by atoms with E-state index in [1.54, 1.807) is 6.20 Å². The molecule has 0 spiro atoms. The van der Waals surface area contributed by atoms with Gasteiger partial charge in [0.15, 0.2) is 5.78 Å². The summed E-state index contributed by atoms with van der Waals surface area (Å²) in [7, 11) is 0. The first-order chi connectivity index (χ1) is 8.59. The lowest BCUT2D eigenvalue weighted by atomic mass is 9.96. The highest BCUT2D eigenvalue weighted by molar-refractivity contribution is 9.11. The molecular weight excluding hydrogens is 358 g/mol. The molecule has 0 bridgehead atoms. The first-order valence-electron chi connectivity index (χ1n) is 5.50. The van der Waals surface area contributed by atoms with Crippen molar-refractivity contribution in [3.63, 3.8) is 0 Å². The quantitative estimate of drug-likeness (QED) is 0.741. The topological polar surface area (TPSA) is 30.0 Å². The van der Waals surface area contributed by atoms with Crippen molar-refractivity contribution in [3.05, 3.63) is 62.8 Å². The smallest absolute Gasteiger partial charge is 0.172 e. The molecule has 4 heteroatoms. The number of halogens is 2. The van der Waals surface area contributed by atoms with Crippen LogP contribution in [0.4, 0.5) is 0 Å². The molecule has 18 heavy (non-hydrogen) atoms. The second-order valence-electron chi connectivity index (χ2n) is 3.96. The van der Waals surface area contributed by atoms with E-state index in [4.69, 9.17) is 0 Å². The third-order valence-electron chi connectivity index (χ3n) is 2.72. The summed E-state index contributed by atoms with van der Waals surface area (Å²) in [4.78, 5) is 16.7. The predicted molar refractivity (Wildman–Crippen MR) is 78.8 cm³/mol. The summed E-state index contributed by atoms with van der Waals surface area (Å²) in [5.41, 5.74) is 1.46. The van der Waals surface area contributed by atoms with Crippen LogP contribution in [0.1, 0.15) is 28.9 Å². The Morgan fingerprint density at radius 1 is 1.22 bits per heavy atom. The molecule has 1 unspecified atom stereocenters. The minimum Gasteiger partial charge on any atom is -0.293 e. The van der Waals surface area contributed by atoms with Gasteiger partial charge in [-0.2, -0.15) is 0 Å². The molecule has 92 valence electrons. The van der Waals surface area contributed by atoms with Gasteiger partial charge >= 0.3 is 0 Å². The molecule has 0 amide bonds. The van der Waals surface area contributed by atoms with E-state index < -0.39 is 0 Å². The normalized spacial score (nSPS) is 12.2. The number of hydrogen-bond acceptors (Lipinski definition) is 2. The highest BCUT2D eigenvalue weighted by Gasteiger charge is 2.20. The molecule has 1 aromatic carbocycles. The number of Topliss-reactive ketones (excluding diaryl/α,β-unsaturated/α-hetero) is 1. The zero-order valence-electron chi connectivity index (χ0n) is 9.73. The summed E-state index contributed by atoms with van der Waals surface area (Å²) in [5.74, 6) is -0.196. The van der Waals surface area contributed by atoms with Crippen molar-refractivity contribution in [2.24, 2.45) is 0 Å². The van der Waals surface area contributed by atoms with Gasteiger partial charge in [0.1, 0.15) is 0 Å². The van der Waals surface area contributed by atoms with Crippen molar-refractivity contribution < 1.29 is 4.79 Å². The van der Waals surface area contributed by atoms with Crippen LogP contribution in [0.5, 0.6) is 0 Å². The zero-order valence-corrected chi connectivity index (χ0v) is 12.9. The van der Waals surface area contributed by atoms with Crippen molar-refractivity contribution in [3.8, 4) is 0 Å². The number of aromatic nitrogens is 1. The lowest BCUT2D eigenvalue weighted by Crippen LogP contribution is -2.11. The highest BCUT2D eigenvalue weighted by atomic mass is 79.9. The number of benzene rings is 1. The molecule has 0 aliphatic heterocycles. The predicted octanol–water partition coefficient (Wildman–Crippen LogP) is 4.59. The number of rotatable bonds is 3. The highest BCUT2D eigenvalue weighted by Crippen LogP contribution is 2.27. The Balaban J connectivity index is 2.34. The third-order valence-corrected chi connectivity index (χ3v) is 3.90. The van der Waals surface area contributed by atoms with Gasteiger partial charge in [-0.1, -0.05) is 37.9 Å². The van der Waals surface area contributed by atoms with Crippen LogP contribution in [0, 0.1) is 0 Å². The van der Waals surface area contributed by atoms with Crippen LogP contribution in [0.2, 0.25) is 0 Å². The standard InChI is InChI=1S/C14H11Br2NO/c1-9(13-4-2-3-7-17-13)14(18)11-8-10(15)5-6-12(11)16/h2-9H,1H3. The van der Waals surface area contributed by atoms with Crippen molar-refractivity contribution in [2.45, 2.75) is 12.8 Å². The van der Waals surface area contributed by atoms with Gasteiger partial charge in [-0.15, -0.1) is 0 Å². The second-order valence-corrected chi connectivity index (χ2v) is 5.73. The third kappa shape index (κ3) is 2.87. The minimum atomic E-state index is -0.253. The van der Waals surface area contributed by atoms with Crippen molar-refractivity contribution >= 4 is 37.6 Å². The van der Waals surface area contributed by atoms with E-state index in [0.29, 0.717) is 5.56 Å². The Morgan fingerprint density at radius 2 is 2.00 bits per heavy atom. The zero-order chi connectivity index (χ0) is 13.1. The van der Waals surface area contributed by atoms with Gasteiger partial charge in [0, 0.05) is 20.7 Å². The first kappa shape index (κ1) is 13.4. The molecule has 2 nitrogen and oxygen atoms in total. The van der Waals surface area contributed by atoms with Crippen LogP contribution in [0.15, 0.2) is 51.5 Å². The van der Waals surface area contributed by atoms with Crippen molar-refractivity contribution in [2.75, 3.05) is 0 Å². The molecular formula is C14H11Br2NO. The number of hydrogen-bond donors (Lipinski definition) is 0. The number of carbonyl (C=O) groups excluding carboxylic acids is 1. The molecule has 1 aromatic heterocycles. The summed E-state index contributed by atoms with van der Waals surface area (Å²) in [5, 5.41) is 0. The molecule has 1 atom stereocenters. The first-order valence-corrected chi connectivity index (χ1v) is 7.08. The summed E-state index contributed by atoms with van der Waals surface area (Å²) >= 11 is 6.79. The SMILES string of the molecule is CC(C(=O)c1cc(Br)ccc1Br)c1ccccn1. The molecule has 1 heterocycles. The Labute approximate surface area is 123 Å². The van der Waals surface area contributed by atoms with Crippen LogP contribution in [0.3, 0.4) is 0 Å². The van der Waals surface area contributed by atoms with Crippen molar-refractivity contribution in [1.29, 1.82) is 0 Å². The molecule has 2 rings (SSSR count). The molecule has 0 aliphatic rings. The molecule has 2 aromatic rings. The minimum absolute atomic E-state index is 0.0573. The van der Waals surface area contributed by atoms with Crippen LogP contribution in [-0.2, 0) is 0 Å². The fraction of sp³-hybridized carbons (Fsp3) is 0.143. The number of carbonyl (C=O) groups is 1. The Kier molecular flexibility index (Phi) is 4.30. The van der Waals surface area contributed by atoms with Crippen LogP contribution in [0.25, 0.3) is 0 Å². The van der Waals surface area contributed by atoms with Crippen LogP contribution in [-0.4, -0.2) is 10.8 Å². The molecule has 0 N–H and O–H groups in total. The Hall–Kier alpha value is -1.00. The largest absolute Gasteiger partial charge is 0.293 e. The Bertz CT molecular complexity index is 569. The summed E-state index contributed by atoms with van der Waals surface area (Å²) in [6.45, 7) is 1.87. The second kappa shape index (κ2) is 5.76. The van der Waals surface area contributed by atoms with E-state index in [1.807, 2.05) is 43.3 Å². The van der Waals surface area contributed by atoms with Gasteiger partial charge in [0.05, 0.1) is 11.6 Å². The fourth-order valence-corrected chi connectivity index (χ4v) is 2.49. The van der Waals surface area contributed by atoms with Gasteiger partial charge in [0.25, 0.3) is 0 Å². The molecule has 0 aliphatic carbocycles. The monoisotopic (exact) mass is 367 g/mol. The number of ketones is 1. The average molecular weight is 369 g/mol. The van der Waals surface area contributed by atoms with E-state index in [9.17, 15) is 4.79 Å². The summed E-state index contributed by atoms with van der Waals surface area (Å²) in [6, 6.07) is 11.2. The summed E-state index contributed by atoms with van der Waals surface area (Å²) < 4.78 is 1.70. The van der Waals surface area contributed by atoms with E-state index in [-0.39, 0.29) is 11.7 Å². The molecule has 0 saturated heterocycles. The van der Waals surface area contributed by atoms with Crippen LogP contribution >= 0.6 is 31.9 Å². The van der Waals surface area contributed by atoms with Gasteiger partial charge in [-0.05, 0) is 37.3 Å². The Morgan fingerprint density at radius 3 is 2.67 bits per heavy atom. The van der Waals surface area contributed by atoms with E-state index in [2.05, 4.69) is 36.8 Å². The van der Waals surface area contributed by atoms with Gasteiger partial charge in [-0.25, -0.2) is 0 Å². The van der Waals surface area contributed by atoms with Gasteiger partial charge in [0.2, 0.25) is 0 Å². The molecule has 0 fully saturated rings. The van der Waals surface area contributed by atoms with E-state index in [0.717, 1.165) is 14.6 Å². The maximum Gasteiger partial charge on any atom is 0.172 e. The van der Waals surface area contributed by atoms with Crippen molar-refractivity contribution in [1.82, 2.24) is 4.98 Å². The maximum atomic E-state index is 12.4. The fourth-order valence-electron chi connectivity index (χ4n) is 1.69. The van der Waals surface area contributed by atoms with Crippen LogP contribution < -0.4 is 0 Å². The average Bonchev–Trinajstić information content (AvgIpc) is 2.41. The number of pyridine rings is 1. The summed E-state index contributed by atoms with van der Waals surface area (Å²) in [6.07, 6.45) is 1.70. The molecule has 0 saturated carbocycles. The lowest BCUT2D eigenvalue weighted by Gasteiger charge is -2.11.